The number of thioether (sulfide) groups is 1. The van der Waals surface area contributed by atoms with E-state index in [1.54, 1.807) is 17.2 Å². The Kier molecular flexibility index (Phi) is 10.2. The van der Waals surface area contributed by atoms with Crippen molar-refractivity contribution in [3.63, 3.8) is 0 Å². The van der Waals surface area contributed by atoms with E-state index in [1.807, 2.05) is 59.1 Å². The van der Waals surface area contributed by atoms with Crippen LogP contribution in [0.5, 0.6) is 11.5 Å². The molecule has 0 radical (unpaired) electrons. The maximum Gasteiger partial charge on any atom is 0.254 e. The van der Waals surface area contributed by atoms with Crippen LogP contribution in [-0.2, 0) is 11.3 Å². The highest BCUT2D eigenvalue weighted by atomic mass is 32.2. The van der Waals surface area contributed by atoms with Gasteiger partial charge in [0.1, 0.15) is 5.82 Å². The van der Waals surface area contributed by atoms with E-state index < -0.39 is 12.2 Å². The van der Waals surface area contributed by atoms with Gasteiger partial charge < -0.3 is 29.4 Å². The molecule has 0 saturated carbocycles. The van der Waals surface area contributed by atoms with E-state index in [2.05, 4.69) is 15.2 Å². The molecule has 0 aliphatic carbocycles. The van der Waals surface area contributed by atoms with Crippen LogP contribution in [0.3, 0.4) is 0 Å². The Morgan fingerprint density at radius 3 is 2.45 bits per heavy atom. The summed E-state index contributed by atoms with van der Waals surface area (Å²) >= 11 is 1.45. The van der Waals surface area contributed by atoms with Gasteiger partial charge in [-0.3, -0.25) is 14.5 Å². The third-order valence-electron chi connectivity index (χ3n) is 9.74. The zero-order valence-electron chi connectivity index (χ0n) is 28.9. The Morgan fingerprint density at radius 2 is 1.82 bits per heavy atom. The molecule has 49 heavy (non-hydrogen) atoms. The lowest BCUT2D eigenvalue weighted by atomic mass is 9.89. The second kappa shape index (κ2) is 14.3. The fourth-order valence-electron chi connectivity index (χ4n) is 7.23. The van der Waals surface area contributed by atoms with Crippen molar-refractivity contribution < 1.29 is 27.8 Å². The van der Waals surface area contributed by atoms with Gasteiger partial charge in [0, 0.05) is 77.1 Å². The van der Waals surface area contributed by atoms with Gasteiger partial charge in [0.2, 0.25) is 0 Å². The van der Waals surface area contributed by atoms with Crippen molar-refractivity contribution in [1.82, 2.24) is 20.2 Å². The van der Waals surface area contributed by atoms with Crippen LogP contribution in [0.25, 0.3) is 11.1 Å². The van der Waals surface area contributed by atoms with E-state index in [9.17, 15) is 18.4 Å². The average Bonchev–Trinajstić information content (AvgIpc) is 3.43. The average molecular weight is 698 g/mol. The number of hydrogen-bond donors (Lipinski definition) is 2. The number of hydrogen-bond acceptors (Lipinski definition) is 9. The number of likely N-dealkylation sites (tertiary alicyclic amines) is 1. The Labute approximate surface area is 289 Å². The van der Waals surface area contributed by atoms with E-state index in [0.29, 0.717) is 59.7 Å². The van der Waals surface area contributed by atoms with E-state index in [0.717, 1.165) is 35.1 Å². The number of H-pyrrole nitrogens is 1. The lowest BCUT2D eigenvalue weighted by Crippen LogP contribution is -2.49. The van der Waals surface area contributed by atoms with Crippen LogP contribution >= 0.6 is 11.8 Å². The molecule has 2 aromatic heterocycles. The first-order chi connectivity index (χ1) is 23.3. The van der Waals surface area contributed by atoms with Crippen molar-refractivity contribution in [3.8, 4) is 22.6 Å². The number of rotatable bonds is 9. The zero-order chi connectivity index (χ0) is 35.0. The van der Waals surface area contributed by atoms with Crippen LogP contribution in [0, 0.1) is 19.8 Å². The molecule has 3 aromatic rings. The number of benzene rings is 1. The minimum Gasteiger partial charge on any atom is -0.448 e. The monoisotopic (exact) mass is 697 g/mol. The number of fused-ring (bicyclic) bond motifs is 1. The number of halogens is 2. The van der Waals surface area contributed by atoms with Crippen molar-refractivity contribution >= 4 is 23.5 Å². The van der Waals surface area contributed by atoms with Crippen molar-refractivity contribution in [2.75, 3.05) is 43.9 Å². The van der Waals surface area contributed by atoms with E-state index in [1.165, 1.54) is 11.8 Å². The number of piperidine rings is 1. The minimum atomic E-state index is -2.38. The van der Waals surface area contributed by atoms with Gasteiger partial charge in [0.05, 0.1) is 18.8 Å². The summed E-state index contributed by atoms with van der Waals surface area (Å²) in [5.41, 5.74) is 3.41. The number of morpholine rings is 1. The lowest BCUT2D eigenvalue weighted by Gasteiger charge is -2.38. The molecule has 2 fully saturated rings. The van der Waals surface area contributed by atoms with Gasteiger partial charge in [-0.05, 0) is 84.1 Å². The molecule has 2 saturated heterocycles. The summed E-state index contributed by atoms with van der Waals surface area (Å²) < 4.78 is 45.3. The number of aromatic nitrogens is 2. The smallest absolute Gasteiger partial charge is 0.254 e. The maximum absolute atomic E-state index is 13.9. The van der Waals surface area contributed by atoms with Gasteiger partial charge in [-0.15, -0.1) is 11.8 Å². The number of pyridine rings is 2. The molecule has 13 heteroatoms. The first-order valence-corrected chi connectivity index (χ1v) is 18.1. The third-order valence-corrected chi connectivity index (χ3v) is 10.5. The van der Waals surface area contributed by atoms with E-state index in [4.69, 9.17) is 19.2 Å². The van der Waals surface area contributed by atoms with Gasteiger partial charge in [-0.1, -0.05) is 0 Å². The molecule has 0 bridgehead atoms. The number of ether oxygens (including phenoxy) is 3. The summed E-state index contributed by atoms with van der Waals surface area (Å²) in [6.45, 7) is 11.9. The highest BCUT2D eigenvalue weighted by Crippen LogP contribution is 2.52. The van der Waals surface area contributed by atoms with Crippen molar-refractivity contribution in [2.24, 2.45) is 5.92 Å². The molecule has 264 valence electrons. The summed E-state index contributed by atoms with van der Waals surface area (Å²) in [6.07, 6.45) is 2.73. The third kappa shape index (κ3) is 7.44. The number of nitrogens with zero attached hydrogens (tertiary/aromatic N) is 3. The largest absolute Gasteiger partial charge is 0.448 e. The maximum atomic E-state index is 13.9. The van der Waals surface area contributed by atoms with Crippen LogP contribution < -0.4 is 25.2 Å². The van der Waals surface area contributed by atoms with Gasteiger partial charge >= 0.3 is 0 Å². The van der Waals surface area contributed by atoms with Gasteiger partial charge in [-0.25, -0.2) is 13.8 Å². The van der Waals surface area contributed by atoms with Gasteiger partial charge in [0.15, 0.2) is 11.5 Å². The number of alkyl halides is 2. The normalized spacial score (nSPS) is 22.9. The number of carbonyl (C=O) groups excluding carboxylic acids is 1. The molecule has 0 spiro atoms. The molecule has 5 heterocycles. The summed E-state index contributed by atoms with van der Waals surface area (Å²) in [4.78, 5) is 39.1. The number of carbonyl (C=O) groups is 1. The number of nitrogens with one attached hydrogen (secondary N) is 2. The SMILES string of the molecule is CSc1cc(C)[nH]c(=O)c1CNC(=O)c1cc(-c2ccc(N3CC(C)OC(C)C3)nc2)c2c(c1C)OC(C)(C1CCN(CC(F)F)CC1)O2. The predicted molar refractivity (Wildman–Crippen MR) is 186 cm³/mol. The minimum absolute atomic E-state index is 0.0510. The molecule has 3 aliphatic rings. The number of aromatic amines is 1. The highest BCUT2D eigenvalue weighted by molar-refractivity contribution is 7.98. The quantitative estimate of drug-likeness (QED) is 0.269. The molecular formula is C36H45F2N5O5S. The second-order valence-corrected chi connectivity index (χ2v) is 14.4. The standard InChI is InChI=1S/C36H45F2N5O5S/c1-20-13-29(49-6)28(35(45)41-20)16-40-34(44)26-14-27(24-7-8-31(39-15-24)43-17-21(2)46-22(3)18-43)33-32(23(26)4)47-36(5,48-33)25-9-11-42(12-10-25)19-30(37)38/h7-8,13-15,21-22,25,30H,9-12,16-19H2,1-6H3,(H,40,44)(H,41,45). The molecule has 2 N–H and O–H groups in total. The predicted octanol–water partition coefficient (Wildman–Crippen LogP) is 5.78. The first-order valence-electron chi connectivity index (χ1n) is 16.8. The number of anilines is 1. The fourth-order valence-corrected chi connectivity index (χ4v) is 7.94. The number of aryl methyl sites for hydroxylation is 1. The number of amides is 1. The molecule has 1 amide bonds. The van der Waals surface area contributed by atoms with Crippen LogP contribution in [0.1, 0.15) is 60.8 Å². The molecule has 3 unspecified atom stereocenters. The van der Waals surface area contributed by atoms with Crippen LogP contribution in [0.15, 0.2) is 40.2 Å². The van der Waals surface area contributed by atoms with Crippen LogP contribution in [0.4, 0.5) is 14.6 Å². The van der Waals surface area contributed by atoms with Crippen LogP contribution in [-0.4, -0.2) is 84.2 Å². The highest BCUT2D eigenvalue weighted by Gasteiger charge is 2.47. The lowest BCUT2D eigenvalue weighted by molar-refractivity contribution is -0.126. The molecule has 3 atom stereocenters. The Hall–Kier alpha value is -3.68. The second-order valence-electron chi connectivity index (χ2n) is 13.5. The molecule has 10 nitrogen and oxygen atoms in total. The topological polar surface area (TPSA) is 109 Å². The Morgan fingerprint density at radius 1 is 1.12 bits per heavy atom. The first kappa shape index (κ1) is 35.2. The summed E-state index contributed by atoms with van der Waals surface area (Å²) in [5, 5.41) is 2.96. The van der Waals surface area contributed by atoms with Crippen molar-refractivity contribution in [1.29, 1.82) is 0 Å². The zero-order valence-corrected chi connectivity index (χ0v) is 29.7. The van der Waals surface area contributed by atoms with Crippen LogP contribution in [0.2, 0.25) is 0 Å². The molecular weight excluding hydrogens is 652 g/mol. The van der Waals surface area contributed by atoms with Crippen molar-refractivity contribution in [3.05, 3.63) is 63.2 Å². The molecule has 6 rings (SSSR count). The Bertz CT molecular complexity index is 1740. The summed E-state index contributed by atoms with van der Waals surface area (Å²) in [7, 11) is 0. The fraction of sp³-hybridized carbons (Fsp3) is 0.528. The van der Waals surface area contributed by atoms with E-state index >= 15 is 0 Å². The summed E-state index contributed by atoms with van der Waals surface area (Å²) in [6, 6.07) is 7.63. The van der Waals surface area contributed by atoms with Crippen molar-refractivity contribution in [2.45, 2.75) is 83.3 Å². The molecule has 3 aliphatic heterocycles. The van der Waals surface area contributed by atoms with Gasteiger partial charge in [-0.2, -0.15) is 0 Å². The molecule has 1 aromatic carbocycles. The van der Waals surface area contributed by atoms with E-state index in [-0.39, 0.29) is 42.7 Å². The summed E-state index contributed by atoms with van der Waals surface area (Å²) in [5.74, 6) is 0.365. The van der Waals surface area contributed by atoms with Gasteiger partial charge in [0.25, 0.3) is 23.7 Å². The Balaban J connectivity index is 1.32.